The molecule has 4 nitrogen and oxygen atoms in total. The van der Waals surface area contributed by atoms with Gasteiger partial charge in [-0.15, -0.1) is 0 Å². The van der Waals surface area contributed by atoms with Crippen LogP contribution in [0, 0.1) is 0 Å². The molecule has 3 aromatic rings. The molecule has 0 saturated heterocycles. The van der Waals surface area contributed by atoms with Gasteiger partial charge < -0.3 is 9.55 Å². The average molecular weight is 254 g/mol. The number of nitrogens with zero attached hydrogens (tertiary/aromatic N) is 3. The smallest absolute Gasteiger partial charge is 0.137 e. The minimum Gasteiger partial charge on any atom is -0.346 e. The maximum Gasteiger partial charge on any atom is 0.137 e. The van der Waals surface area contributed by atoms with Crippen LogP contribution in [0.25, 0.3) is 22.3 Å². The second-order valence-electron chi connectivity index (χ2n) is 5.91. The molecule has 1 N–H and O–H groups in total. The minimum absolute atomic E-state index is 0.0390. The Morgan fingerprint density at radius 3 is 2.68 bits per heavy atom. The Kier molecular flexibility index (Phi) is 2.49. The number of H-pyrrole nitrogens is 1. The topological polar surface area (TPSA) is 46.5 Å². The maximum absolute atomic E-state index is 4.80. The number of hydrogen-bond acceptors (Lipinski definition) is 2. The molecule has 0 atom stereocenters. The van der Waals surface area contributed by atoms with Crippen LogP contribution in [0.3, 0.4) is 0 Å². The lowest BCUT2D eigenvalue weighted by Gasteiger charge is -2.17. The van der Waals surface area contributed by atoms with E-state index in [1.54, 1.807) is 0 Å². The van der Waals surface area contributed by atoms with Crippen molar-refractivity contribution < 1.29 is 0 Å². The number of aromatic amines is 1. The van der Waals surface area contributed by atoms with Gasteiger partial charge in [-0.2, -0.15) is 0 Å². The van der Waals surface area contributed by atoms with Crippen molar-refractivity contribution in [2.75, 3.05) is 0 Å². The van der Waals surface area contributed by atoms with Crippen LogP contribution >= 0.6 is 0 Å². The highest BCUT2D eigenvalue weighted by molar-refractivity contribution is 5.91. The highest BCUT2D eigenvalue weighted by Gasteiger charge is 2.21. The van der Waals surface area contributed by atoms with Crippen LogP contribution in [-0.2, 0) is 12.5 Å². The minimum atomic E-state index is 0.0390. The zero-order chi connectivity index (χ0) is 13.6. The standard InChI is InChI=1S/C15H18N4/c1-15(2,3)14-18-12(9-19(14)4)10-5-7-16-13-11(10)6-8-17-13/h5-9H,1-4H3,(H,16,17). The lowest BCUT2D eigenvalue weighted by molar-refractivity contribution is 0.523. The van der Waals surface area contributed by atoms with E-state index >= 15 is 0 Å². The van der Waals surface area contributed by atoms with Crippen LogP contribution < -0.4 is 0 Å². The molecule has 19 heavy (non-hydrogen) atoms. The summed E-state index contributed by atoms with van der Waals surface area (Å²) in [6.07, 6.45) is 5.82. The van der Waals surface area contributed by atoms with E-state index in [4.69, 9.17) is 4.98 Å². The molecule has 0 spiro atoms. The van der Waals surface area contributed by atoms with E-state index in [1.165, 1.54) is 0 Å². The van der Waals surface area contributed by atoms with Crippen molar-refractivity contribution in [3.63, 3.8) is 0 Å². The molecule has 3 rings (SSSR count). The Morgan fingerprint density at radius 1 is 1.21 bits per heavy atom. The van der Waals surface area contributed by atoms with Gasteiger partial charge in [0.1, 0.15) is 11.5 Å². The molecular weight excluding hydrogens is 236 g/mol. The summed E-state index contributed by atoms with van der Waals surface area (Å²) in [4.78, 5) is 12.3. The Balaban J connectivity index is 2.20. The fraction of sp³-hybridized carbons (Fsp3) is 0.333. The first-order valence-corrected chi connectivity index (χ1v) is 6.43. The number of hydrogen-bond donors (Lipinski definition) is 1. The quantitative estimate of drug-likeness (QED) is 0.724. The summed E-state index contributed by atoms with van der Waals surface area (Å²) in [5, 5.41) is 1.11. The first kappa shape index (κ1) is 12.0. The number of imidazole rings is 1. The third kappa shape index (κ3) is 1.93. The van der Waals surface area contributed by atoms with E-state index in [1.807, 2.05) is 31.6 Å². The molecular formula is C15H18N4. The molecule has 0 aliphatic rings. The zero-order valence-electron chi connectivity index (χ0n) is 11.7. The van der Waals surface area contributed by atoms with Gasteiger partial charge in [0.15, 0.2) is 0 Å². The average Bonchev–Trinajstić information content (AvgIpc) is 2.93. The van der Waals surface area contributed by atoms with Crippen molar-refractivity contribution in [2.24, 2.45) is 7.05 Å². The summed E-state index contributed by atoms with van der Waals surface area (Å²) in [6, 6.07) is 4.06. The van der Waals surface area contributed by atoms with Crippen LogP contribution in [0.5, 0.6) is 0 Å². The number of aryl methyl sites for hydroxylation is 1. The summed E-state index contributed by atoms with van der Waals surface area (Å²) in [6.45, 7) is 6.53. The number of rotatable bonds is 1. The molecule has 0 aromatic carbocycles. The van der Waals surface area contributed by atoms with E-state index in [9.17, 15) is 0 Å². The lowest BCUT2D eigenvalue weighted by atomic mass is 9.96. The molecule has 0 fully saturated rings. The van der Waals surface area contributed by atoms with E-state index in [0.29, 0.717) is 0 Å². The summed E-state index contributed by atoms with van der Waals surface area (Å²) in [5.41, 5.74) is 3.06. The van der Waals surface area contributed by atoms with Gasteiger partial charge >= 0.3 is 0 Å². The largest absolute Gasteiger partial charge is 0.346 e. The van der Waals surface area contributed by atoms with Crippen molar-refractivity contribution >= 4 is 11.0 Å². The summed E-state index contributed by atoms with van der Waals surface area (Å²) < 4.78 is 2.11. The lowest BCUT2D eigenvalue weighted by Crippen LogP contribution is -2.17. The van der Waals surface area contributed by atoms with Crippen molar-refractivity contribution in [3.05, 3.63) is 36.5 Å². The van der Waals surface area contributed by atoms with Gasteiger partial charge in [0.2, 0.25) is 0 Å². The normalized spacial score (nSPS) is 12.2. The van der Waals surface area contributed by atoms with Gasteiger partial charge in [0, 0.05) is 42.0 Å². The second kappa shape index (κ2) is 3.95. The van der Waals surface area contributed by atoms with Crippen LogP contribution in [0.2, 0.25) is 0 Å². The van der Waals surface area contributed by atoms with Gasteiger partial charge in [0.05, 0.1) is 5.69 Å². The Morgan fingerprint density at radius 2 is 2.00 bits per heavy atom. The van der Waals surface area contributed by atoms with Crippen LogP contribution in [-0.4, -0.2) is 19.5 Å². The molecule has 3 aromatic heterocycles. The van der Waals surface area contributed by atoms with Crippen LogP contribution in [0.15, 0.2) is 30.7 Å². The first-order valence-electron chi connectivity index (χ1n) is 6.43. The predicted octanol–water partition coefficient (Wildman–Crippen LogP) is 3.26. The molecule has 0 aliphatic heterocycles. The molecule has 4 heteroatoms. The molecule has 0 saturated carbocycles. The van der Waals surface area contributed by atoms with E-state index < -0.39 is 0 Å². The maximum atomic E-state index is 4.80. The number of aromatic nitrogens is 4. The van der Waals surface area contributed by atoms with Crippen molar-refractivity contribution in [2.45, 2.75) is 26.2 Å². The van der Waals surface area contributed by atoms with Gasteiger partial charge in [-0.05, 0) is 12.1 Å². The van der Waals surface area contributed by atoms with E-state index in [0.717, 1.165) is 28.1 Å². The zero-order valence-corrected chi connectivity index (χ0v) is 11.7. The van der Waals surface area contributed by atoms with Gasteiger partial charge in [0.25, 0.3) is 0 Å². The Hall–Kier alpha value is -2.10. The summed E-state index contributed by atoms with van der Waals surface area (Å²) in [5.74, 6) is 1.09. The fourth-order valence-corrected chi connectivity index (χ4v) is 2.48. The fourth-order valence-electron chi connectivity index (χ4n) is 2.48. The van der Waals surface area contributed by atoms with Gasteiger partial charge in [-0.25, -0.2) is 9.97 Å². The summed E-state index contributed by atoms with van der Waals surface area (Å²) >= 11 is 0. The van der Waals surface area contributed by atoms with E-state index in [-0.39, 0.29) is 5.41 Å². The molecule has 0 amide bonds. The van der Waals surface area contributed by atoms with Crippen molar-refractivity contribution in [1.29, 1.82) is 0 Å². The molecule has 0 bridgehead atoms. The Bertz CT molecular complexity index is 728. The van der Waals surface area contributed by atoms with Gasteiger partial charge in [-0.1, -0.05) is 20.8 Å². The van der Waals surface area contributed by atoms with Gasteiger partial charge in [-0.3, -0.25) is 0 Å². The molecule has 0 aliphatic carbocycles. The highest BCUT2D eigenvalue weighted by atomic mass is 15.1. The Labute approximate surface area is 112 Å². The molecule has 3 heterocycles. The monoisotopic (exact) mass is 254 g/mol. The van der Waals surface area contributed by atoms with E-state index in [2.05, 4.69) is 41.5 Å². The third-order valence-electron chi connectivity index (χ3n) is 3.28. The number of nitrogens with one attached hydrogen (secondary N) is 1. The molecule has 0 unspecified atom stereocenters. The summed E-state index contributed by atoms with van der Waals surface area (Å²) in [7, 11) is 2.05. The second-order valence-corrected chi connectivity index (χ2v) is 5.91. The third-order valence-corrected chi connectivity index (χ3v) is 3.28. The number of pyridine rings is 1. The SMILES string of the molecule is Cn1cc(-c2ccnc3[nH]ccc23)nc1C(C)(C)C. The molecule has 0 radical (unpaired) electrons. The van der Waals surface area contributed by atoms with Crippen molar-refractivity contribution in [1.82, 2.24) is 19.5 Å². The molecule has 98 valence electrons. The first-order chi connectivity index (χ1) is 8.97. The van der Waals surface area contributed by atoms with Crippen LogP contribution in [0.4, 0.5) is 0 Å². The van der Waals surface area contributed by atoms with Crippen molar-refractivity contribution in [3.8, 4) is 11.3 Å². The number of fused-ring (bicyclic) bond motifs is 1. The van der Waals surface area contributed by atoms with Crippen LogP contribution in [0.1, 0.15) is 26.6 Å². The predicted molar refractivity (Wildman–Crippen MR) is 77.0 cm³/mol. The highest BCUT2D eigenvalue weighted by Crippen LogP contribution is 2.29.